The van der Waals surface area contributed by atoms with Gasteiger partial charge in [0.15, 0.2) is 0 Å². The van der Waals surface area contributed by atoms with Gasteiger partial charge in [-0.25, -0.2) is 0 Å². The van der Waals surface area contributed by atoms with Gasteiger partial charge in [-0.15, -0.1) is 0 Å². The van der Waals surface area contributed by atoms with E-state index < -0.39 is 5.54 Å². The Balaban J connectivity index is 2.13. The van der Waals surface area contributed by atoms with Crippen molar-refractivity contribution in [1.29, 1.82) is 0 Å². The molecule has 1 amide bonds. The van der Waals surface area contributed by atoms with Gasteiger partial charge in [-0.1, -0.05) is 0 Å². The molecule has 1 aromatic rings. The summed E-state index contributed by atoms with van der Waals surface area (Å²) in [4.78, 5) is 14.2. The maximum Gasteiger partial charge on any atom is 0.242 e. The van der Waals surface area contributed by atoms with Crippen molar-refractivity contribution in [3.63, 3.8) is 0 Å². The molecule has 1 atom stereocenters. The molecule has 4 nitrogen and oxygen atoms in total. The zero-order chi connectivity index (χ0) is 12.5. The number of nitrogens with one attached hydrogen (secondary N) is 1. The van der Waals surface area contributed by atoms with E-state index in [0.29, 0.717) is 12.6 Å². The van der Waals surface area contributed by atoms with Crippen molar-refractivity contribution in [3.05, 3.63) is 24.2 Å². The predicted octanol–water partition coefficient (Wildman–Crippen LogP) is 1.77. The van der Waals surface area contributed by atoms with Gasteiger partial charge >= 0.3 is 0 Å². The van der Waals surface area contributed by atoms with Crippen LogP contribution in [0.2, 0.25) is 0 Å². The van der Waals surface area contributed by atoms with Gasteiger partial charge in [0, 0.05) is 12.6 Å². The van der Waals surface area contributed by atoms with Crippen LogP contribution in [0.5, 0.6) is 0 Å². The first-order valence-electron chi connectivity index (χ1n) is 6.08. The van der Waals surface area contributed by atoms with E-state index in [1.165, 1.54) is 0 Å². The minimum absolute atomic E-state index is 0.137. The van der Waals surface area contributed by atoms with Crippen LogP contribution in [-0.4, -0.2) is 28.9 Å². The van der Waals surface area contributed by atoms with Gasteiger partial charge in [-0.2, -0.15) is 0 Å². The molecule has 1 aliphatic rings. The molecule has 0 aromatic carbocycles. The van der Waals surface area contributed by atoms with E-state index in [-0.39, 0.29) is 5.91 Å². The monoisotopic (exact) mass is 236 g/mol. The van der Waals surface area contributed by atoms with Gasteiger partial charge in [0.05, 0.1) is 18.3 Å². The van der Waals surface area contributed by atoms with Crippen molar-refractivity contribution in [1.82, 2.24) is 10.2 Å². The Morgan fingerprint density at radius 2 is 2.35 bits per heavy atom. The Hall–Kier alpha value is -1.29. The van der Waals surface area contributed by atoms with E-state index in [9.17, 15) is 4.79 Å². The Labute approximate surface area is 102 Å². The highest BCUT2D eigenvalue weighted by atomic mass is 16.3. The standard InChI is InChI=1S/C13H20N2O2/c1-10-6-7-15(9-11-5-4-8-17-11)12(16)13(2,3)14-10/h4-5,8,10,14H,6-7,9H2,1-3H3. The smallest absolute Gasteiger partial charge is 0.242 e. The largest absolute Gasteiger partial charge is 0.467 e. The van der Waals surface area contributed by atoms with Crippen LogP contribution in [0.3, 0.4) is 0 Å². The fraction of sp³-hybridized carbons (Fsp3) is 0.615. The van der Waals surface area contributed by atoms with Crippen molar-refractivity contribution in [3.8, 4) is 0 Å². The Morgan fingerprint density at radius 1 is 1.59 bits per heavy atom. The third-order valence-corrected chi connectivity index (χ3v) is 3.19. The van der Waals surface area contributed by atoms with Crippen LogP contribution in [0.1, 0.15) is 33.0 Å². The van der Waals surface area contributed by atoms with Crippen molar-refractivity contribution >= 4 is 5.91 Å². The van der Waals surface area contributed by atoms with Gasteiger partial charge < -0.3 is 14.6 Å². The number of amides is 1. The lowest BCUT2D eigenvalue weighted by Crippen LogP contribution is -2.53. The first kappa shape index (κ1) is 12.2. The van der Waals surface area contributed by atoms with Crippen LogP contribution >= 0.6 is 0 Å². The molecule has 17 heavy (non-hydrogen) atoms. The van der Waals surface area contributed by atoms with E-state index in [4.69, 9.17) is 4.42 Å². The summed E-state index contributed by atoms with van der Waals surface area (Å²) in [5.41, 5.74) is -0.498. The lowest BCUT2D eigenvalue weighted by atomic mass is 10.0. The average Bonchev–Trinajstić information content (AvgIpc) is 2.71. The van der Waals surface area contributed by atoms with E-state index >= 15 is 0 Å². The molecular formula is C13H20N2O2. The van der Waals surface area contributed by atoms with Crippen LogP contribution in [0.4, 0.5) is 0 Å². The fourth-order valence-corrected chi connectivity index (χ4v) is 2.34. The van der Waals surface area contributed by atoms with Crippen LogP contribution in [0.15, 0.2) is 22.8 Å². The summed E-state index contributed by atoms with van der Waals surface area (Å²) in [5.74, 6) is 0.974. The van der Waals surface area contributed by atoms with Crippen molar-refractivity contribution in [2.24, 2.45) is 0 Å². The van der Waals surface area contributed by atoms with Crippen molar-refractivity contribution in [2.45, 2.75) is 45.3 Å². The van der Waals surface area contributed by atoms with Gasteiger partial charge in [-0.05, 0) is 39.3 Å². The maximum atomic E-state index is 12.4. The SMILES string of the molecule is CC1CCN(Cc2ccco2)C(=O)C(C)(C)N1. The van der Waals surface area contributed by atoms with E-state index in [1.807, 2.05) is 30.9 Å². The van der Waals surface area contributed by atoms with Crippen LogP contribution in [0, 0.1) is 0 Å². The number of carbonyl (C=O) groups is 1. The van der Waals surface area contributed by atoms with Crippen LogP contribution in [0.25, 0.3) is 0 Å². The highest BCUT2D eigenvalue weighted by molar-refractivity contribution is 5.85. The molecule has 1 aromatic heterocycles. The second-order valence-electron chi connectivity index (χ2n) is 5.27. The van der Waals surface area contributed by atoms with Gasteiger partial charge in [0.1, 0.15) is 5.76 Å². The lowest BCUT2D eigenvalue weighted by molar-refractivity contribution is -0.137. The zero-order valence-corrected chi connectivity index (χ0v) is 10.7. The normalized spacial score (nSPS) is 24.8. The predicted molar refractivity (Wildman–Crippen MR) is 65.4 cm³/mol. The molecule has 1 aliphatic heterocycles. The highest BCUT2D eigenvalue weighted by Gasteiger charge is 2.35. The number of rotatable bonds is 2. The molecule has 94 valence electrons. The summed E-state index contributed by atoms with van der Waals surface area (Å²) < 4.78 is 5.31. The summed E-state index contributed by atoms with van der Waals surface area (Å²) in [6.07, 6.45) is 2.61. The summed E-state index contributed by atoms with van der Waals surface area (Å²) in [6.45, 7) is 7.32. The summed E-state index contributed by atoms with van der Waals surface area (Å²) in [6, 6.07) is 4.11. The van der Waals surface area contributed by atoms with Gasteiger partial charge in [-0.3, -0.25) is 4.79 Å². The minimum atomic E-state index is -0.498. The second-order valence-corrected chi connectivity index (χ2v) is 5.27. The number of furan rings is 1. The molecule has 0 bridgehead atoms. The van der Waals surface area contributed by atoms with Gasteiger partial charge in [0.2, 0.25) is 5.91 Å². The van der Waals surface area contributed by atoms with Crippen molar-refractivity contribution < 1.29 is 9.21 Å². The Bertz CT molecular complexity index is 384. The average molecular weight is 236 g/mol. The summed E-state index contributed by atoms with van der Waals surface area (Å²) in [7, 11) is 0. The first-order valence-corrected chi connectivity index (χ1v) is 6.08. The van der Waals surface area contributed by atoms with E-state index in [0.717, 1.165) is 18.7 Å². The molecule has 1 saturated heterocycles. The summed E-state index contributed by atoms with van der Waals surface area (Å²) >= 11 is 0. The quantitative estimate of drug-likeness (QED) is 0.851. The molecule has 1 unspecified atom stereocenters. The lowest BCUT2D eigenvalue weighted by Gasteiger charge is -2.29. The fourth-order valence-electron chi connectivity index (χ4n) is 2.34. The highest BCUT2D eigenvalue weighted by Crippen LogP contribution is 2.18. The third-order valence-electron chi connectivity index (χ3n) is 3.19. The molecule has 2 heterocycles. The van der Waals surface area contributed by atoms with E-state index in [2.05, 4.69) is 12.2 Å². The molecule has 4 heteroatoms. The van der Waals surface area contributed by atoms with Crippen LogP contribution in [-0.2, 0) is 11.3 Å². The number of hydrogen-bond donors (Lipinski definition) is 1. The molecular weight excluding hydrogens is 216 g/mol. The molecule has 0 spiro atoms. The molecule has 2 rings (SSSR count). The topological polar surface area (TPSA) is 45.5 Å². The third kappa shape index (κ3) is 2.69. The molecule has 0 radical (unpaired) electrons. The minimum Gasteiger partial charge on any atom is -0.467 e. The molecule has 1 fully saturated rings. The van der Waals surface area contributed by atoms with Crippen molar-refractivity contribution in [2.75, 3.05) is 6.54 Å². The number of carbonyl (C=O) groups excluding carboxylic acids is 1. The van der Waals surface area contributed by atoms with Crippen LogP contribution < -0.4 is 5.32 Å². The van der Waals surface area contributed by atoms with Gasteiger partial charge in [0.25, 0.3) is 0 Å². The second kappa shape index (κ2) is 4.53. The maximum absolute atomic E-state index is 12.4. The summed E-state index contributed by atoms with van der Waals surface area (Å²) in [5, 5.41) is 3.36. The van der Waals surface area contributed by atoms with E-state index in [1.54, 1.807) is 6.26 Å². The Morgan fingerprint density at radius 3 is 3.00 bits per heavy atom. The Kier molecular flexibility index (Phi) is 3.24. The molecule has 0 saturated carbocycles. The first-order chi connectivity index (χ1) is 7.99. The zero-order valence-electron chi connectivity index (χ0n) is 10.7. The molecule has 1 N–H and O–H groups in total. The number of nitrogens with zero attached hydrogens (tertiary/aromatic N) is 1. The molecule has 0 aliphatic carbocycles. The number of hydrogen-bond acceptors (Lipinski definition) is 3.